The minimum atomic E-state index is -0.782. The van der Waals surface area contributed by atoms with Crippen LogP contribution in [-0.4, -0.2) is 36.4 Å². The van der Waals surface area contributed by atoms with E-state index in [1.807, 2.05) is 0 Å². The van der Waals surface area contributed by atoms with Gasteiger partial charge in [-0.3, -0.25) is 9.59 Å². The molecule has 0 fully saturated rings. The summed E-state index contributed by atoms with van der Waals surface area (Å²) in [5.74, 6) is -0.601. The molecule has 0 aliphatic carbocycles. The van der Waals surface area contributed by atoms with Crippen molar-refractivity contribution in [2.24, 2.45) is 0 Å². The highest BCUT2D eigenvalue weighted by molar-refractivity contribution is 5.70. The van der Waals surface area contributed by atoms with Gasteiger partial charge in [0.2, 0.25) is 0 Å². The van der Waals surface area contributed by atoms with E-state index < -0.39 is 6.10 Å². The van der Waals surface area contributed by atoms with Gasteiger partial charge in [0.05, 0.1) is 6.61 Å². The molecule has 0 aliphatic rings. The Bertz CT molecular complexity index is 1330. The zero-order valence-electron chi connectivity index (χ0n) is 43.6. The van der Waals surface area contributed by atoms with Crippen LogP contribution in [0, 0.1) is 0 Å². The Kier molecular flexibility index (Phi) is 54.0. The highest BCUT2D eigenvalue weighted by Gasteiger charge is 2.16. The lowest BCUT2D eigenvalue weighted by molar-refractivity contribution is -0.161. The molecule has 0 aromatic heterocycles. The van der Waals surface area contributed by atoms with Crippen molar-refractivity contribution in [2.45, 2.75) is 258 Å². The summed E-state index contributed by atoms with van der Waals surface area (Å²) < 4.78 is 10.7. The highest BCUT2D eigenvalue weighted by Crippen LogP contribution is 2.15. The lowest BCUT2D eigenvalue weighted by atomic mass is 10.0. The first-order valence-electron chi connectivity index (χ1n) is 27.9. The van der Waals surface area contributed by atoms with Crippen LogP contribution in [-0.2, 0) is 19.1 Å². The van der Waals surface area contributed by atoms with Crippen molar-refractivity contribution in [3.8, 4) is 0 Å². The van der Waals surface area contributed by atoms with E-state index in [0.29, 0.717) is 12.8 Å². The Morgan fingerprint density at radius 2 is 0.642 bits per heavy atom. The van der Waals surface area contributed by atoms with Gasteiger partial charge in [0, 0.05) is 12.8 Å². The average molecular weight is 930 g/mol. The van der Waals surface area contributed by atoms with Crippen LogP contribution < -0.4 is 0 Å². The van der Waals surface area contributed by atoms with Crippen molar-refractivity contribution in [3.05, 3.63) is 109 Å². The quantitative estimate of drug-likeness (QED) is 0.0374. The molecule has 5 nitrogen and oxygen atoms in total. The van der Waals surface area contributed by atoms with Gasteiger partial charge in [-0.1, -0.05) is 245 Å². The van der Waals surface area contributed by atoms with E-state index >= 15 is 0 Å². The molecule has 0 rings (SSSR count). The van der Waals surface area contributed by atoms with E-state index in [0.717, 1.165) is 89.9 Å². The number of carbonyl (C=O) groups excluding carboxylic acids is 2. The summed E-state index contributed by atoms with van der Waals surface area (Å²) in [6, 6.07) is 0. The number of unbranched alkanes of at least 4 members (excludes halogenated alkanes) is 24. The van der Waals surface area contributed by atoms with Crippen molar-refractivity contribution in [3.63, 3.8) is 0 Å². The molecule has 0 bridgehead atoms. The maximum atomic E-state index is 12.3. The molecule has 0 spiro atoms. The maximum absolute atomic E-state index is 12.3. The van der Waals surface area contributed by atoms with Crippen LogP contribution >= 0.6 is 0 Å². The van der Waals surface area contributed by atoms with Crippen LogP contribution in [0.4, 0.5) is 0 Å². The second kappa shape index (κ2) is 56.9. The highest BCUT2D eigenvalue weighted by atomic mass is 16.6. The third kappa shape index (κ3) is 55.0. The monoisotopic (exact) mass is 929 g/mol. The summed E-state index contributed by atoms with van der Waals surface area (Å²) in [6.07, 6.45) is 81.9. The minimum absolute atomic E-state index is 0.0737. The summed E-state index contributed by atoms with van der Waals surface area (Å²) >= 11 is 0. The molecular weight excluding hydrogens is 825 g/mol. The number of hydrogen-bond acceptors (Lipinski definition) is 5. The van der Waals surface area contributed by atoms with Crippen LogP contribution in [0.5, 0.6) is 0 Å². The van der Waals surface area contributed by atoms with E-state index in [2.05, 4.69) is 123 Å². The van der Waals surface area contributed by atoms with E-state index in [4.69, 9.17) is 9.47 Å². The minimum Gasteiger partial charge on any atom is -0.462 e. The number of aliphatic hydroxyl groups is 1. The van der Waals surface area contributed by atoms with Crippen LogP contribution in [0.2, 0.25) is 0 Å². The standard InChI is InChI=1S/C62H104O5/c1-3-5-7-9-11-13-15-17-19-21-23-24-25-26-27-28-29-30-31-32-33-34-35-36-37-38-39-41-43-45-47-49-51-53-55-57-62(65)67-60(58-63)59-66-61(64)56-54-52-50-48-46-44-42-40-22-20-18-16-14-12-10-8-6-4-2/h5,7,11,13,17,19-20,22-24,26-27,29-30,32-33,35-36,60,63H,3-4,6,8-10,12,14-16,18,21,25,28,31,34,37-59H2,1-2H3/b7-5-,13-11-,19-17-,22-20-,24-23-,27-26-,30-29-,33-32-,36-35-. The molecule has 0 amide bonds. The summed E-state index contributed by atoms with van der Waals surface area (Å²) in [7, 11) is 0. The Labute approximate surface area is 414 Å². The van der Waals surface area contributed by atoms with E-state index in [-0.39, 0.29) is 25.2 Å². The SMILES string of the molecule is CC/C=C\C/C=C\C/C=C\C/C=C\C/C=C\C/C=C\C/C=C\C/C=C\CCCCCCCCCCCCC(=O)OC(CO)COC(=O)CCCCCCCCC/C=C\CCCCCCCCC. The smallest absolute Gasteiger partial charge is 0.306 e. The number of carbonyl (C=O) groups is 2. The number of allylic oxidation sites excluding steroid dienone is 18. The predicted octanol–water partition coefficient (Wildman–Crippen LogP) is 18.9. The van der Waals surface area contributed by atoms with Crippen molar-refractivity contribution in [2.75, 3.05) is 13.2 Å². The first-order valence-corrected chi connectivity index (χ1v) is 27.9. The molecule has 0 radical (unpaired) electrons. The van der Waals surface area contributed by atoms with Crippen molar-refractivity contribution in [1.82, 2.24) is 0 Å². The molecule has 0 aromatic carbocycles. The van der Waals surface area contributed by atoms with E-state index in [1.165, 1.54) is 135 Å². The van der Waals surface area contributed by atoms with Gasteiger partial charge < -0.3 is 14.6 Å². The Morgan fingerprint density at radius 3 is 0.985 bits per heavy atom. The molecule has 67 heavy (non-hydrogen) atoms. The van der Waals surface area contributed by atoms with Gasteiger partial charge in [-0.15, -0.1) is 0 Å². The number of rotatable bonds is 50. The Balaban J connectivity index is 3.56. The first-order chi connectivity index (χ1) is 33.1. The van der Waals surface area contributed by atoms with Gasteiger partial charge >= 0.3 is 11.9 Å². The number of aliphatic hydroxyl groups excluding tert-OH is 1. The third-order valence-electron chi connectivity index (χ3n) is 11.8. The molecule has 0 heterocycles. The second-order valence-corrected chi connectivity index (χ2v) is 18.3. The average Bonchev–Trinajstić information content (AvgIpc) is 3.33. The van der Waals surface area contributed by atoms with Crippen molar-refractivity contribution < 1.29 is 24.2 Å². The number of hydrogen-bond donors (Lipinski definition) is 1. The normalized spacial score (nSPS) is 13.1. The number of ether oxygens (including phenoxy) is 2. The molecule has 0 saturated heterocycles. The van der Waals surface area contributed by atoms with Crippen LogP contribution in [0.25, 0.3) is 0 Å². The summed E-state index contributed by atoms with van der Waals surface area (Å²) in [5, 5.41) is 9.64. The van der Waals surface area contributed by atoms with Gasteiger partial charge in [0.15, 0.2) is 6.10 Å². The van der Waals surface area contributed by atoms with E-state index in [1.54, 1.807) is 0 Å². The molecule has 0 saturated carbocycles. The van der Waals surface area contributed by atoms with Gasteiger partial charge in [-0.05, 0) is 103 Å². The van der Waals surface area contributed by atoms with Crippen LogP contribution in [0.15, 0.2) is 109 Å². The Morgan fingerprint density at radius 1 is 0.358 bits per heavy atom. The molecule has 382 valence electrons. The van der Waals surface area contributed by atoms with Crippen LogP contribution in [0.3, 0.4) is 0 Å². The lowest BCUT2D eigenvalue weighted by Gasteiger charge is -2.15. The fraction of sp³-hybridized carbons (Fsp3) is 0.677. The van der Waals surface area contributed by atoms with Gasteiger partial charge in [0.1, 0.15) is 6.61 Å². The molecule has 1 N–H and O–H groups in total. The summed E-state index contributed by atoms with van der Waals surface area (Å²) in [4.78, 5) is 24.5. The first kappa shape index (κ1) is 63.6. The fourth-order valence-electron chi connectivity index (χ4n) is 7.62. The maximum Gasteiger partial charge on any atom is 0.306 e. The molecule has 0 aliphatic heterocycles. The summed E-state index contributed by atoms with van der Waals surface area (Å²) in [5.41, 5.74) is 0. The molecular formula is C62H104O5. The van der Waals surface area contributed by atoms with Crippen molar-refractivity contribution >= 4 is 11.9 Å². The fourth-order valence-corrected chi connectivity index (χ4v) is 7.62. The third-order valence-corrected chi connectivity index (χ3v) is 11.8. The topological polar surface area (TPSA) is 72.8 Å². The molecule has 1 atom stereocenters. The van der Waals surface area contributed by atoms with Gasteiger partial charge in [-0.2, -0.15) is 0 Å². The molecule has 0 aromatic rings. The van der Waals surface area contributed by atoms with Gasteiger partial charge in [0.25, 0.3) is 0 Å². The summed E-state index contributed by atoms with van der Waals surface area (Å²) in [6.45, 7) is 4.02. The predicted molar refractivity (Wildman–Crippen MR) is 292 cm³/mol. The van der Waals surface area contributed by atoms with Crippen LogP contribution in [0.1, 0.15) is 251 Å². The molecule has 1 unspecified atom stereocenters. The van der Waals surface area contributed by atoms with E-state index in [9.17, 15) is 14.7 Å². The Hall–Kier alpha value is -3.44. The number of esters is 2. The largest absolute Gasteiger partial charge is 0.462 e. The van der Waals surface area contributed by atoms with Crippen molar-refractivity contribution in [1.29, 1.82) is 0 Å². The zero-order valence-corrected chi connectivity index (χ0v) is 43.6. The molecule has 5 heteroatoms. The lowest BCUT2D eigenvalue weighted by Crippen LogP contribution is -2.28. The van der Waals surface area contributed by atoms with Gasteiger partial charge in [-0.25, -0.2) is 0 Å². The second-order valence-electron chi connectivity index (χ2n) is 18.3. The zero-order chi connectivity index (χ0) is 48.5.